The highest BCUT2D eigenvalue weighted by Gasteiger charge is 2.60. The number of hydrogen-bond donors (Lipinski definition) is 1. The summed E-state index contributed by atoms with van der Waals surface area (Å²) in [6.07, 6.45) is 11.0. The molecule has 0 aromatic rings. The summed E-state index contributed by atoms with van der Waals surface area (Å²) in [5.41, 5.74) is 1.57. The molecule has 3 nitrogen and oxygen atoms in total. The molecule has 0 aromatic carbocycles. The van der Waals surface area contributed by atoms with Crippen molar-refractivity contribution in [1.82, 2.24) is 0 Å². The fourth-order valence-electron chi connectivity index (χ4n) is 7.32. The first kappa shape index (κ1) is 16.3. The number of nitrogens with zero attached hydrogens (tertiary/aromatic N) is 1. The van der Waals surface area contributed by atoms with Gasteiger partial charge in [-0.25, -0.2) is 0 Å². The molecule has 3 heteroatoms. The van der Waals surface area contributed by atoms with Gasteiger partial charge in [0.15, 0.2) is 0 Å². The third kappa shape index (κ3) is 2.08. The van der Waals surface area contributed by atoms with E-state index in [-0.39, 0.29) is 17.4 Å². The molecule has 130 valence electrons. The van der Waals surface area contributed by atoms with Gasteiger partial charge >= 0.3 is 0 Å². The number of hydrogen-bond acceptors (Lipinski definition) is 3. The second-order valence-electron chi connectivity index (χ2n) is 9.08. The van der Waals surface area contributed by atoms with Crippen molar-refractivity contribution in [2.45, 2.75) is 64.7 Å². The topological polar surface area (TPSA) is 61.1 Å². The van der Waals surface area contributed by atoms with Gasteiger partial charge in [0.25, 0.3) is 0 Å². The van der Waals surface area contributed by atoms with Crippen molar-refractivity contribution in [2.75, 3.05) is 6.61 Å². The lowest BCUT2D eigenvalue weighted by atomic mass is 9.44. The largest absolute Gasteiger partial charge is 0.396 e. The molecule has 4 rings (SSSR count). The van der Waals surface area contributed by atoms with Crippen molar-refractivity contribution in [2.24, 2.45) is 34.5 Å². The molecule has 0 bridgehead atoms. The average molecular weight is 327 g/mol. The van der Waals surface area contributed by atoms with Crippen LogP contribution in [0, 0.1) is 45.8 Å². The number of Topliss-reactive ketones (excluding diaryl/α,β-unsaturated/α-hetero) is 1. The van der Waals surface area contributed by atoms with Gasteiger partial charge < -0.3 is 5.11 Å². The number of carbonyl (C=O) groups excluding carboxylic acids is 1. The van der Waals surface area contributed by atoms with Gasteiger partial charge in [-0.05, 0) is 74.0 Å². The van der Waals surface area contributed by atoms with Crippen LogP contribution in [0.2, 0.25) is 0 Å². The zero-order chi connectivity index (χ0) is 16.9. The van der Waals surface area contributed by atoms with Gasteiger partial charge in [-0.2, -0.15) is 5.26 Å². The van der Waals surface area contributed by atoms with Gasteiger partial charge in [0.2, 0.25) is 0 Å². The van der Waals surface area contributed by atoms with Crippen LogP contribution in [0.15, 0.2) is 11.6 Å². The standard InChI is InChI=1S/C21H29NO2/c1-20-9-7-19-17(18(20)5-3-14(20)8-11-22)4-2-15-12-16(24)6-10-21(15,19)13-23/h8,15,17-19,23H,2-7,9-10,12-13H2,1H3/b14-8-/t15-,17-,18-,19-,20+,21+/m0/s1. The number of fused-ring (bicyclic) bond motifs is 5. The number of carbonyl (C=O) groups is 1. The third-order valence-corrected chi connectivity index (χ3v) is 8.56. The number of nitriles is 1. The van der Waals surface area contributed by atoms with Crippen molar-refractivity contribution in [3.63, 3.8) is 0 Å². The Labute approximate surface area is 145 Å². The first-order chi connectivity index (χ1) is 11.5. The molecule has 0 unspecified atom stereocenters. The predicted molar refractivity (Wildman–Crippen MR) is 91.8 cm³/mol. The van der Waals surface area contributed by atoms with Crippen LogP contribution in [-0.2, 0) is 4.79 Å². The van der Waals surface area contributed by atoms with E-state index < -0.39 is 0 Å². The van der Waals surface area contributed by atoms with E-state index in [0.717, 1.165) is 32.1 Å². The highest BCUT2D eigenvalue weighted by molar-refractivity contribution is 5.79. The number of allylic oxidation sites excluding steroid dienone is 2. The van der Waals surface area contributed by atoms with Crippen LogP contribution in [0.3, 0.4) is 0 Å². The van der Waals surface area contributed by atoms with Gasteiger partial charge in [-0.3, -0.25) is 4.79 Å². The molecule has 4 aliphatic rings. The van der Waals surface area contributed by atoms with E-state index in [9.17, 15) is 9.90 Å². The molecule has 0 aliphatic heterocycles. The zero-order valence-corrected chi connectivity index (χ0v) is 14.8. The Morgan fingerprint density at radius 2 is 2.04 bits per heavy atom. The Bertz CT molecular complexity index is 618. The summed E-state index contributed by atoms with van der Waals surface area (Å²) in [6, 6.07) is 2.27. The summed E-state index contributed by atoms with van der Waals surface area (Å²) < 4.78 is 0. The fraction of sp³-hybridized carbons (Fsp3) is 0.810. The maximum Gasteiger partial charge on any atom is 0.133 e. The molecular weight excluding hydrogens is 298 g/mol. The van der Waals surface area contributed by atoms with E-state index in [1.165, 1.54) is 18.4 Å². The van der Waals surface area contributed by atoms with Crippen molar-refractivity contribution in [1.29, 1.82) is 5.26 Å². The van der Waals surface area contributed by atoms with Crippen LogP contribution >= 0.6 is 0 Å². The Morgan fingerprint density at radius 1 is 1.21 bits per heavy atom. The third-order valence-electron chi connectivity index (χ3n) is 8.56. The van der Waals surface area contributed by atoms with Crippen LogP contribution in [0.1, 0.15) is 64.7 Å². The van der Waals surface area contributed by atoms with Crippen molar-refractivity contribution in [3.05, 3.63) is 11.6 Å². The quantitative estimate of drug-likeness (QED) is 0.740. The molecule has 1 N–H and O–H groups in total. The summed E-state index contributed by atoms with van der Waals surface area (Å²) in [7, 11) is 0. The van der Waals surface area contributed by atoms with Gasteiger partial charge in [-0.1, -0.05) is 12.5 Å². The summed E-state index contributed by atoms with van der Waals surface area (Å²) >= 11 is 0. The summed E-state index contributed by atoms with van der Waals surface area (Å²) in [5.74, 6) is 2.73. The maximum atomic E-state index is 12.0. The summed E-state index contributed by atoms with van der Waals surface area (Å²) in [6.45, 7) is 2.64. The van der Waals surface area contributed by atoms with Crippen molar-refractivity contribution in [3.8, 4) is 6.07 Å². The van der Waals surface area contributed by atoms with Gasteiger partial charge in [0.05, 0.1) is 6.07 Å². The lowest BCUT2D eigenvalue weighted by Crippen LogP contribution is -2.55. The van der Waals surface area contributed by atoms with E-state index >= 15 is 0 Å². The Hall–Kier alpha value is -1.14. The number of rotatable bonds is 1. The van der Waals surface area contributed by atoms with Gasteiger partial charge in [-0.15, -0.1) is 0 Å². The van der Waals surface area contributed by atoms with Crippen LogP contribution in [-0.4, -0.2) is 17.5 Å². The molecular formula is C21H29NO2. The lowest BCUT2D eigenvalue weighted by molar-refractivity contribution is -0.148. The predicted octanol–water partition coefficient (Wildman–Crippen LogP) is 4.02. The van der Waals surface area contributed by atoms with Crippen LogP contribution in [0.5, 0.6) is 0 Å². The summed E-state index contributed by atoms with van der Waals surface area (Å²) in [5, 5.41) is 19.5. The highest BCUT2D eigenvalue weighted by Crippen LogP contribution is 2.67. The average Bonchev–Trinajstić information content (AvgIpc) is 2.91. The first-order valence-corrected chi connectivity index (χ1v) is 9.77. The van der Waals surface area contributed by atoms with Crippen LogP contribution in [0.25, 0.3) is 0 Å². The normalized spacial score (nSPS) is 49.2. The summed E-state index contributed by atoms with van der Waals surface area (Å²) in [4.78, 5) is 12.0. The van der Waals surface area contributed by atoms with E-state index in [2.05, 4.69) is 13.0 Å². The van der Waals surface area contributed by atoms with E-state index in [1.807, 2.05) is 6.08 Å². The minimum absolute atomic E-state index is 0.000146. The minimum Gasteiger partial charge on any atom is -0.396 e. The molecule has 4 fully saturated rings. The molecule has 4 aliphatic carbocycles. The Kier molecular flexibility index (Phi) is 3.88. The van der Waals surface area contributed by atoms with Gasteiger partial charge in [0, 0.05) is 30.9 Å². The number of aliphatic hydroxyl groups is 1. The molecule has 0 amide bonds. The molecule has 0 aromatic heterocycles. The number of ketones is 1. The smallest absolute Gasteiger partial charge is 0.133 e. The van der Waals surface area contributed by atoms with Crippen LogP contribution < -0.4 is 0 Å². The molecule has 4 saturated carbocycles. The Morgan fingerprint density at radius 3 is 2.79 bits per heavy atom. The number of aliphatic hydroxyl groups excluding tert-OH is 1. The monoisotopic (exact) mass is 327 g/mol. The second-order valence-corrected chi connectivity index (χ2v) is 9.08. The van der Waals surface area contributed by atoms with Gasteiger partial charge in [0.1, 0.15) is 5.78 Å². The first-order valence-electron chi connectivity index (χ1n) is 9.77. The molecule has 0 saturated heterocycles. The Balaban J connectivity index is 1.67. The SMILES string of the molecule is C[C@]12CC[C@H]3[C@@H](CC[C@H]4CC(=O)CC[C@@]43CO)[C@@H]1CC/C2=C/C#N. The van der Waals surface area contributed by atoms with Crippen LogP contribution in [0.4, 0.5) is 0 Å². The minimum atomic E-state index is -0.000146. The fourth-order valence-corrected chi connectivity index (χ4v) is 7.32. The van der Waals surface area contributed by atoms with Crippen molar-refractivity contribution >= 4 is 5.78 Å². The van der Waals surface area contributed by atoms with E-state index in [0.29, 0.717) is 42.3 Å². The maximum absolute atomic E-state index is 12.0. The molecule has 0 heterocycles. The molecule has 0 radical (unpaired) electrons. The van der Waals surface area contributed by atoms with Crippen molar-refractivity contribution < 1.29 is 9.90 Å². The van der Waals surface area contributed by atoms with E-state index in [1.54, 1.807) is 0 Å². The molecule has 6 atom stereocenters. The lowest BCUT2D eigenvalue weighted by Gasteiger charge is -2.60. The molecule has 0 spiro atoms. The highest BCUT2D eigenvalue weighted by atomic mass is 16.3. The van der Waals surface area contributed by atoms with E-state index in [4.69, 9.17) is 5.26 Å². The zero-order valence-electron chi connectivity index (χ0n) is 14.8. The second kappa shape index (κ2) is 5.70. The molecule has 24 heavy (non-hydrogen) atoms.